The van der Waals surface area contributed by atoms with Crippen LogP contribution >= 0.6 is 0 Å². The molecule has 1 aromatic carbocycles. The van der Waals surface area contributed by atoms with Crippen LogP contribution in [0.25, 0.3) is 0 Å². The zero-order valence-corrected chi connectivity index (χ0v) is 13.0. The van der Waals surface area contributed by atoms with Gasteiger partial charge in [0.2, 0.25) is 0 Å². The Hall–Kier alpha value is -0.740. The summed E-state index contributed by atoms with van der Waals surface area (Å²) < 4.78 is 25.0. The van der Waals surface area contributed by atoms with Gasteiger partial charge < -0.3 is 0 Å². The lowest BCUT2D eigenvalue weighted by Gasteiger charge is -2.29. The van der Waals surface area contributed by atoms with E-state index in [1.54, 1.807) is 6.07 Å². The van der Waals surface area contributed by atoms with Crippen molar-refractivity contribution in [3.63, 3.8) is 0 Å². The van der Waals surface area contributed by atoms with E-state index in [2.05, 4.69) is 13.8 Å². The van der Waals surface area contributed by atoms with E-state index in [-0.39, 0.29) is 11.7 Å². The molecule has 0 aromatic heterocycles. The Morgan fingerprint density at radius 3 is 2.37 bits per heavy atom. The van der Waals surface area contributed by atoms with Crippen LogP contribution in [0.1, 0.15) is 52.0 Å². The molecule has 0 aliphatic heterocycles. The van der Waals surface area contributed by atoms with Crippen molar-refractivity contribution in [3.8, 4) is 0 Å². The number of hydrogen-bond acceptors (Lipinski definition) is 1. The van der Waals surface area contributed by atoms with Gasteiger partial charge in [-0.2, -0.15) is 0 Å². The molecule has 2 N–H and O–H groups in total. The molecule has 2 nitrogen and oxygen atoms in total. The first kappa shape index (κ1) is 16.3. The first-order chi connectivity index (χ1) is 8.74. The topological polar surface area (TPSA) is 43.1 Å². The second kappa shape index (κ2) is 6.62. The minimum absolute atomic E-state index is 0.0451. The summed E-state index contributed by atoms with van der Waals surface area (Å²) >= 11 is 0. The summed E-state index contributed by atoms with van der Waals surface area (Å²) in [6.45, 7) is 7.97. The summed E-state index contributed by atoms with van der Waals surface area (Å²) in [6, 6.07) is 6.84. The molecule has 0 bridgehead atoms. The van der Waals surface area contributed by atoms with E-state index in [1.807, 2.05) is 26.0 Å². The molecule has 1 aromatic rings. The van der Waals surface area contributed by atoms with E-state index >= 15 is 0 Å². The monoisotopic (exact) mass is 285 g/mol. The second-order valence-corrected chi connectivity index (χ2v) is 7.81. The molecule has 0 heterocycles. The van der Waals surface area contributed by atoms with Gasteiger partial charge in [-0.1, -0.05) is 32.0 Å². The molecule has 1 unspecified atom stereocenters. The summed E-state index contributed by atoms with van der Waals surface area (Å²) in [4.78, 5) is 0. The van der Waals surface area contributed by atoms with Crippen LogP contribution in [0.5, 0.6) is 0 Å². The molecule has 0 amide bonds. The maximum absolute atomic E-state index is 14.0. The van der Waals surface area contributed by atoms with Gasteiger partial charge in [0.1, 0.15) is 5.82 Å². The van der Waals surface area contributed by atoms with Crippen LogP contribution in [0.4, 0.5) is 4.39 Å². The Morgan fingerprint density at radius 2 is 1.89 bits per heavy atom. The van der Waals surface area contributed by atoms with Gasteiger partial charge >= 0.3 is 0 Å². The SMILES string of the molecule is CC(C)C[C@@H](CC(C)(C)S(N)=O)c1ccccc1F. The highest BCUT2D eigenvalue weighted by Gasteiger charge is 2.30. The fraction of sp³-hybridized carbons (Fsp3) is 0.600. The zero-order valence-electron chi connectivity index (χ0n) is 12.2. The Kier molecular flexibility index (Phi) is 5.68. The number of nitrogens with two attached hydrogens (primary N) is 1. The fourth-order valence-electron chi connectivity index (χ4n) is 2.37. The molecular formula is C15H24FNOS. The Morgan fingerprint density at radius 1 is 1.32 bits per heavy atom. The second-order valence-electron chi connectivity index (χ2n) is 6.11. The Bertz CT molecular complexity index is 446. The zero-order chi connectivity index (χ0) is 14.6. The molecule has 19 heavy (non-hydrogen) atoms. The lowest BCUT2D eigenvalue weighted by molar-refractivity contribution is 0.423. The molecular weight excluding hydrogens is 261 g/mol. The Labute approximate surface area is 118 Å². The van der Waals surface area contributed by atoms with Gasteiger partial charge in [-0.3, -0.25) is 5.14 Å². The van der Waals surface area contributed by atoms with Crippen molar-refractivity contribution in [2.75, 3.05) is 0 Å². The van der Waals surface area contributed by atoms with E-state index < -0.39 is 15.7 Å². The van der Waals surface area contributed by atoms with Gasteiger partial charge in [0.15, 0.2) is 0 Å². The molecule has 0 saturated carbocycles. The van der Waals surface area contributed by atoms with Crippen LogP contribution in [0, 0.1) is 11.7 Å². The van der Waals surface area contributed by atoms with Crippen LogP contribution in [0.2, 0.25) is 0 Å². The van der Waals surface area contributed by atoms with Crippen LogP contribution in [-0.4, -0.2) is 8.96 Å². The van der Waals surface area contributed by atoms with E-state index in [0.717, 1.165) is 6.42 Å². The lowest BCUT2D eigenvalue weighted by atomic mass is 9.83. The minimum Gasteiger partial charge on any atom is -0.251 e. The van der Waals surface area contributed by atoms with Gasteiger partial charge in [0.25, 0.3) is 0 Å². The third-order valence-electron chi connectivity index (χ3n) is 3.38. The molecule has 0 radical (unpaired) electrons. The van der Waals surface area contributed by atoms with Crippen molar-refractivity contribution in [2.45, 2.75) is 51.2 Å². The maximum Gasteiger partial charge on any atom is 0.126 e. The lowest BCUT2D eigenvalue weighted by Crippen LogP contribution is -2.34. The van der Waals surface area contributed by atoms with Crippen molar-refractivity contribution in [3.05, 3.63) is 35.6 Å². The minimum atomic E-state index is -1.41. The molecule has 0 saturated heterocycles. The van der Waals surface area contributed by atoms with Gasteiger partial charge in [0, 0.05) is 0 Å². The molecule has 0 aliphatic carbocycles. The smallest absolute Gasteiger partial charge is 0.126 e. The predicted octanol–water partition coefficient (Wildman–Crippen LogP) is 3.75. The van der Waals surface area contributed by atoms with Gasteiger partial charge in [-0.25, -0.2) is 8.60 Å². The average molecular weight is 285 g/mol. The molecule has 2 atom stereocenters. The molecule has 108 valence electrons. The van der Waals surface area contributed by atoms with E-state index in [4.69, 9.17) is 5.14 Å². The van der Waals surface area contributed by atoms with Crippen LogP contribution in [0.15, 0.2) is 24.3 Å². The number of halogens is 1. The number of benzene rings is 1. The highest BCUT2D eigenvalue weighted by Crippen LogP contribution is 2.34. The summed E-state index contributed by atoms with van der Waals surface area (Å²) in [7, 11) is -1.41. The normalized spacial score (nSPS) is 15.5. The highest BCUT2D eigenvalue weighted by atomic mass is 32.2. The van der Waals surface area contributed by atoms with Crippen LogP contribution in [0.3, 0.4) is 0 Å². The third-order valence-corrected chi connectivity index (χ3v) is 4.64. The largest absolute Gasteiger partial charge is 0.251 e. The van der Waals surface area contributed by atoms with Crippen LogP contribution < -0.4 is 5.14 Å². The van der Waals surface area contributed by atoms with Gasteiger partial charge in [0.05, 0.1) is 15.7 Å². The summed E-state index contributed by atoms with van der Waals surface area (Å²) in [5.74, 6) is 0.307. The van der Waals surface area contributed by atoms with E-state index in [9.17, 15) is 8.60 Å². The van der Waals surface area contributed by atoms with E-state index in [0.29, 0.717) is 17.9 Å². The quantitative estimate of drug-likeness (QED) is 0.850. The molecule has 4 heteroatoms. The van der Waals surface area contributed by atoms with Crippen molar-refractivity contribution in [2.24, 2.45) is 11.1 Å². The summed E-state index contributed by atoms with van der Waals surface area (Å²) in [5, 5.41) is 5.54. The number of hydrogen-bond donors (Lipinski definition) is 1. The first-order valence-electron chi connectivity index (χ1n) is 6.64. The van der Waals surface area contributed by atoms with Crippen molar-refractivity contribution < 1.29 is 8.60 Å². The molecule has 0 aliphatic rings. The summed E-state index contributed by atoms with van der Waals surface area (Å²) in [5.41, 5.74) is 0.703. The first-order valence-corrected chi connectivity index (χ1v) is 7.86. The van der Waals surface area contributed by atoms with Crippen molar-refractivity contribution >= 4 is 11.0 Å². The van der Waals surface area contributed by atoms with Crippen molar-refractivity contribution in [1.82, 2.24) is 0 Å². The van der Waals surface area contributed by atoms with E-state index in [1.165, 1.54) is 6.07 Å². The maximum atomic E-state index is 14.0. The van der Waals surface area contributed by atoms with Crippen molar-refractivity contribution in [1.29, 1.82) is 0 Å². The highest BCUT2D eigenvalue weighted by molar-refractivity contribution is 7.84. The Balaban J connectivity index is 3.03. The molecule has 0 spiro atoms. The average Bonchev–Trinajstić information content (AvgIpc) is 2.27. The fourth-order valence-corrected chi connectivity index (χ4v) is 2.74. The molecule has 0 fully saturated rings. The van der Waals surface area contributed by atoms with Gasteiger partial charge in [-0.05, 0) is 50.2 Å². The third kappa shape index (κ3) is 4.69. The van der Waals surface area contributed by atoms with Crippen LogP contribution in [-0.2, 0) is 11.0 Å². The summed E-state index contributed by atoms with van der Waals surface area (Å²) in [6.07, 6.45) is 1.48. The predicted molar refractivity (Wildman–Crippen MR) is 79.6 cm³/mol. The standard InChI is InChI=1S/C15H24FNOS/c1-11(2)9-12(10-15(3,4)19(17)18)13-7-5-6-8-14(13)16/h5-8,11-12H,9-10,17H2,1-4H3/t12-,19?/m0/s1. The van der Waals surface area contributed by atoms with Gasteiger partial charge in [-0.15, -0.1) is 0 Å². The number of rotatable bonds is 6. The molecule has 1 rings (SSSR count).